The molecule has 0 radical (unpaired) electrons. The molecule has 0 amide bonds. The zero-order valence-corrected chi connectivity index (χ0v) is 11.3. The molecular weight excluding hydrogens is 222 g/mol. The van der Waals surface area contributed by atoms with Gasteiger partial charge in [-0.15, -0.1) is 0 Å². The number of nitrogen functional groups attached to an aromatic ring is 1. The average molecular weight is 245 g/mol. The van der Waals surface area contributed by atoms with Crippen molar-refractivity contribution in [2.24, 2.45) is 0 Å². The van der Waals surface area contributed by atoms with Crippen molar-refractivity contribution < 1.29 is 0 Å². The molecular formula is C15H23N3. The van der Waals surface area contributed by atoms with Crippen molar-refractivity contribution in [3.05, 3.63) is 24.3 Å². The Hall–Kier alpha value is -1.22. The van der Waals surface area contributed by atoms with Gasteiger partial charge in [0.25, 0.3) is 0 Å². The first-order chi connectivity index (χ1) is 8.65. The van der Waals surface area contributed by atoms with Gasteiger partial charge in [0.05, 0.1) is 0 Å². The molecule has 3 heteroatoms. The van der Waals surface area contributed by atoms with E-state index in [0.717, 1.165) is 17.8 Å². The Labute approximate surface area is 110 Å². The summed E-state index contributed by atoms with van der Waals surface area (Å²) >= 11 is 0. The first-order valence-electron chi connectivity index (χ1n) is 7.03. The van der Waals surface area contributed by atoms with Crippen LogP contribution >= 0.6 is 0 Å². The molecule has 2 fully saturated rings. The third-order valence-electron chi connectivity index (χ3n) is 4.39. The van der Waals surface area contributed by atoms with Crippen LogP contribution in [0.5, 0.6) is 0 Å². The highest BCUT2D eigenvalue weighted by Gasteiger charge is 2.40. The van der Waals surface area contributed by atoms with Crippen LogP contribution in [0.25, 0.3) is 0 Å². The van der Waals surface area contributed by atoms with Gasteiger partial charge in [-0.05, 0) is 51.0 Å². The summed E-state index contributed by atoms with van der Waals surface area (Å²) in [6, 6.07) is 10.5. The summed E-state index contributed by atoms with van der Waals surface area (Å²) in [7, 11) is 0. The Morgan fingerprint density at radius 1 is 1.06 bits per heavy atom. The van der Waals surface area contributed by atoms with Gasteiger partial charge in [0.15, 0.2) is 0 Å². The molecule has 2 N–H and O–H groups in total. The van der Waals surface area contributed by atoms with E-state index in [4.69, 9.17) is 5.73 Å². The lowest BCUT2D eigenvalue weighted by atomic mass is 10.1. The fraction of sp³-hybridized carbons (Fsp3) is 0.600. The quantitative estimate of drug-likeness (QED) is 0.812. The maximum absolute atomic E-state index is 5.76. The van der Waals surface area contributed by atoms with Crippen LogP contribution in [-0.2, 0) is 0 Å². The molecule has 2 atom stereocenters. The maximum Gasteiger partial charge on any atom is 0.0368 e. The fourth-order valence-electron chi connectivity index (χ4n) is 3.67. The first kappa shape index (κ1) is 11.8. The fourth-order valence-corrected chi connectivity index (χ4v) is 3.67. The Morgan fingerprint density at radius 2 is 1.61 bits per heavy atom. The van der Waals surface area contributed by atoms with E-state index in [9.17, 15) is 0 Å². The van der Waals surface area contributed by atoms with Gasteiger partial charge in [0.1, 0.15) is 0 Å². The minimum atomic E-state index is 0.677. The molecule has 2 aliphatic rings. The third kappa shape index (κ3) is 1.97. The number of nitrogens with two attached hydrogens (primary N) is 1. The van der Waals surface area contributed by atoms with E-state index in [1.807, 2.05) is 12.1 Å². The van der Waals surface area contributed by atoms with Gasteiger partial charge in [-0.2, -0.15) is 0 Å². The maximum atomic E-state index is 5.76. The minimum Gasteiger partial charge on any atom is -0.399 e. The Kier molecular flexibility index (Phi) is 2.94. The Bertz CT molecular complexity index is 398. The van der Waals surface area contributed by atoms with Crippen LogP contribution < -0.4 is 10.6 Å². The lowest BCUT2D eigenvalue weighted by molar-refractivity contribution is 0.129. The zero-order valence-electron chi connectivity index (χ0n) is 11.3. The molecule has 3 nitrogen and oxygen atoms in total. The number of benzene rings is 1. The van der Waals surface area contributed by atoms with Crippen LogP contribution in [0.3, 0.4) is 0 Å². The molecule has 98 valence electrons. The van der Waals surface area contributed by atoms with Crippen molar-refractivity contribution in [2.45, 2.75) is 44.8 Å². The van der Waals surface area contributed by atoms with Crippen molar-refractivity contribution in [3.8, 4) is 0 Å². The van der Waals surface area contributed by atoms with E-state index in [1.54, 1.807) is 0 Å². The van der Waals surface area contributed by atoms with E-state index >= 15 is 0 Å². The third-order valence-corrected chi connectivity index (χ3v) is 4.39. The van der Waals surface area contributed by atoms with E-state index in [-0.39, 0.29) is 0 Å². The predicted octanol–water partition coefficient (Wildman–Crippen LogP) is 2.33. The number of anilines is 2. The van der Waals surface area contributed by atoms with Crippen LogP contribution in [0, 0.1) is 0 Å². The average Bonchev–Trinajstić information content (AvgIpc) is 2.62. The highest BCUT2D eigenvalue weighted by atomic mass is 15.3. The molecule has 0 saturated carbocycles. The monoisotopic (exact) mass is 245 g/mol. The topological polar surface area (TPSA) is 32.5 Å². The van der Waals surface area contributed by atoms with Crippen LogP contribution in [0.15, 0.2) is 24.3 Å². The van der Waals surface area contributed by atoms with Crippen LogP contribution in [-0.4, -0.2) is 36.1 Å². The van der Waals surface area contributed by atoms with Crippen LogP contribution in [0.4, 0.5) is 11.4 Å². The molecule has 18 heavy (non-hydrogen) atoms. The largest absolute Gasteiger partial charge is 0.399 e. The van der Waals surface area contributed by atoms with E-state index in [0.29, 0.717) is 6.04 Å². The summed E-state index contributed by atoms with van der Waals surface area (Å²) in [5, 5.41) is 0. The molecule has 1 aromatic rings. The van der Waals surface area contributed by atoms with Crippen LogP contribution in [0.2, 0.25) is 0 Å². The highest BCUT2D eigenvalue weighted by molar-refractivity contribution is 5.53. The molecule has 2 heterocycles. The lowest BCUT2D eigenvalue weighted by Crippen LogP contribution is -2.56. The number of fused-ring (bicyclic) bond motifs is 2. The van der Waals surface area contributed by atoms with Gasteiger partial charge in [-0.25, -0.2) is 0 Å². The van der Waals surface area contributed by atoms with Crippen LogP contribution in [0.1, 0.15) is 26.7 Å². The molecule has 0 spiro atoms. The van der Waals surface area contributed by atoms with E-state index < -0.39 is 0 Å². The zero-order chi connectivity index (χ0) is 12.7. The summed E-state index contributed by atoms with van der Waals surface area (Å²) < 4.78 is 0. The van der Waals surface area contributed by atoms with Gasteiger partial charge in [0.2, 0.25) is 0 Å². The summed E-state index contributed by atoms with van der Waals surface area (Å²) in [6.07, 6.45) is 2.71. The van der Waals surface area contributed by atoms with E-state index in [1.165, 1.54) is 31.6 Å². The summed E-state index contributed by atoms with van der Waals surface area (Å²) in [5.41, 5.74) is 7.93. The number of rotatable bonds is 2. The standard InChI is InChI=1S/C15H23N3/c1-11(2)18-14-7-8-15(18)10-17(9-14)13-5-3-12(16)4-6-13/h3-6,11,14-15H,7-10,16H2,1-2H3. The van der Waals surface area contributed by atoms with Gasteiger partial charge >= 0.3 is 0 Å². The van der Waals surface area contributed by atoms with Gasteiger partial charge in [-0.1, -0.05) is 0 Å². The summed E-state index contributed by atoms with van der Waals surface area (Å²) in [4.78, 5) is 5.24. The molecule has 2 bridgehead atoms. The first-order valence-corrected chi connectivity index (χ1v) is 7.03. The second kappa shape index (κ2) is 4.47. The van der Waals surface area contributed by atoms with Crippen molar-refractivity contribution in [1.82, 2.24) is 4.90 Å². The number of nitrogens with zero attached hydrogens (tertiary/aromatic N) is 2. The van der Waals surface area contributed by atoms with Gasteiger partial charge in [-0.3, -0.25) is 4.90 Å². The normalized spacial score (nSPS) is 28.1. The highest BCUT2D eigenvalue weighted by Crippen LogP contribution is 2.34. The predicted molar refractivity (Wildman–Crippen MR) is 76.9 cm³/mol. The molecule has 2 unspecified atom stereocenters. The molecule has 2 aliphatic heterocycles. The lowest BCUT2D eigenvalue weighted by Gasteiger charge is -2.44. The van der Waals surface area contributed by atoms with Crippen molar-refractivity contribution in [1.29, 1.82) is 0 Å². The smallest absolute Gasteiger partial charge is 0.0368 e. The van der Waals surface area contributed by atoms with Gasteiger partial charge < -0.3 is 10.6 Å². The number of piperazine rings is 1. The molecule has 3 rings (SSSR count). The molecule has 1 aromatic carbocycles. The van der Waals surface area contributed by atoms with Gasteiger partial charge in [0, 0.05) is 42.6 Å². The SMILES string of the molecule is CC(C)N1C2CCC1CN(c1ccc(N)cc1)C2. The molecule has 0 aromatic heterocycles. The van der Waals surface area contributed by atoms with E-state index in [2.05, 4.69) is 35.8 Å². The summed E-state index contributed by atoms with van der Waals surface area (Å²) in [6.45, 7) is 6.98. The van der Waals surface area contributed by atoms with Crippen molar-refractivity contribution in [3.63, 3.8) is 0 Å². The second-order valence-electron chi connectivity index (χ2n) is 5.92. The minimum absolute atomic E-state index is 0.677. The Morgan fingerprint density at radius 3 is 2.11 bits per heavy atom. The number of hydrogen-bond donors (Lipinski definition) is 1. The molecule has 2 saturated heterocycles. The second-order valence-corrected chi connectivity index (χ2v) is 5.92. The number of hydrogen-bond acceptors (Lipinski definition) is 3. The molecule has 0 aliphatic carbocycles. The Balaban J connectivity index is 1.77. The summed E-state index contributed by atoms with van der Waals surface area (Å²) in [5.74, 6) is 0. The van der Waals surface area contributed by atoms with Crippen molar-refractivity contribution >= 4 is 11.4 Å². The van der Waals surface area contributed by atoms with Crippen molar-refractivity contribution in [2.75, 3.05) is 23.7 Å².